The highest BCUT2D eigenvalue weighted by molar-refractivity contribution is 6.17. The third-order valence-corrected chi connectivity index (χ3v) is 2.59. The molecule has 0 bridgehead atoms. The van der Waals surface area contributed by atoms with Gasteiger partial charge in [0, 0.05) is 12.4 Å². The molecule has 1 atom stereocenters. The van der Waals surface area contributed by atoms with Crippen LogP contribution in [0.15, 0.2) is 0 Å². The molecule has 0 aromatic rings. The molecule has 0 N–H and O–H groups in total. The molecule has 20 heavy (non-hydrogen) atoms. The molecular weight excluding hydrogens is 282 g/mol. The van der Waals surface area contributed by atoms with E-state index in [0.29, 0.717) is 18.8 Å². The van der Waals surface area contributed by atoms with E-state index in [4.69, 9.17) is 21.1 Å². The minimum atomic E-state index is -0.699. The Labute approximate surface area is 126 Å². The van der Waals surface area contributed by atoms with Crippen LogP contribution in [-0.4, -0.2) is 47.1 Å². The lowest BCUT2D eigenvalue weighted by molar-refractivity contribution is -0.153. The van der Waals surface area contributed by atoms with Crippen LogP contribution in [0.3, 0.4) is 0 Å². The SMILES string of the molecule is CC(C)OC(=O)[C@H](C)N(CCCCl)C(=O)OC(C)(C)C. The van der Waals surface area contributed by atoms with Crippen molar-refractivity contribution >= 4 is 23.7 Å². The predicted octanol–water partition coefficient (Wildman–Crippen LogP) is 3.19. The van der Waals surface area contributed by atoms with Gasteiger partial charge in [-0.05, 0) is 48.0 Å². The third kappa shape index (κ3) is 7.58. The van der Waals surface area contributed by atoms with Crippen molar-refractivity contribution in [2.45, 2.75) is 65.7 Å². The third-order valence-electron chi connectivity index (χ3n) is 2.32. The fourth-order valence-corrected chi connectivity index (χ4v) is 1.57. The molecule has 6 heteroatoms. The van der Waals surface area contributed by atoms with Crippen molar-refractivity contribution in [3.05, 3.63) is 0 Å². The van der Waals surface area contributed by atoms with Gasteiger partial charge < -0.3 is 9.47 Å². The Balaban J connectivity index is 4.85. The Morgan fingerprint density at radius 3 is 2.15 bits per heavy atom. The Morgan fingerprint density at radius 1 is 1.20 bits per heavy atom. The second-order valence-electron chi connectivity index (χ2n) is 5.88. The molecule has 0 fully saturated rings. The van der Waals surface area contributed by atoms with Crippen LogP contribution in [0.2, 0.25) is 0 Å². The van der Waals surface area contributed by atoms with Crippen molar-refractivity contribution in [2.75, 3.05) is 12.4 Å². The summed E-state index contributed by atoms with van der Waals surface area (Å²) in [5, 5.41) is 0. The zero-order valence-electron chi connectivity index (χ0n) is 13.2. The lowest BCUT2D eigenvalue weighted by Gasteiger charge is -2.30. The van der Waals surface area contributed by atoms with Crippen LogP contribution >= 0.6 is 11.6 Å². The zero-order chi connectivity index (χ0) is 15.9. The first kappa shape index (κ1) is 19.0. The molecule has 0 saturated carbocycles. The molecule has 1 amide bonds. The molecule has 0 aliphatic heterocycles. The smallest absolute Gasteiger partial charge is 0.411 e. The maximum atomic E-state index is 12.1. The maximum Gasteiger partial charge on any atom is 0.411 e. The first-order valence-electron chi connectivity index (χ1n) is 6.84. The number of nitrogens with zero attached hydrogens (tertiary/aromatic N) is 1. The van der Waals surface area contributed by atoms with Crippen LogP contribution in [0.25, 0.3) is 0 Å². The second-order valence-corrected chi connectivity index (χ2v) is 6.26. The van der Waals surface area contributed by atoms with E-state index in [9.17, 15) is 9.59 Å². The number of rotatable bonds is 6. The van der Waals surface area contributed by atoms with Gasteiger partial charge in [0.1, 0.15) is 11.6 Å². The molecule has 5 nitrogen and oxygen atoms in total. The molecule has 0 aliphatic rings. The van der Waals surface area contributed by atoms with Gasteiger partial charge in [-0.1, -0.05) is 0 Å². The van der Waals surface area contributed by atoms with Gasteiger partial charge in [0.15, 0.2) is 0 Å². The molecular formula is C14H26ClNO4. The van der Waals surface area contributed by atoms with Crippen molar-refractivity contribution in [1.29, 1.82) is 0 Å². The van der Waals surface area contributed by atoms with Crippen LogP contribution in [0.4, 0.5) is 4.79 Å². The highest BCUT2D eigenvalue weighted by Crippen LogP contribution is 2.14. The zero-order valence-corrected chi connectivity index (χ0v) is 14.0. The fourth-order valence-electron chi connectivity index (χ4n) is 1.45. The van der Waals surface area contributed by atoms with Gasteiger partial charge in [-0.15, -0.1) is 11.6 Å². The van der Waals surface area contributed by atoms with Crippen molar-refractivity contribution < 1.29 is 19.1 Å². The van der Waals surface area contributed by atoms with Crippen molar-refractivity contribution in [3.8, 4) is 0 Å². The van der Waals surface area contributed by atoms with E-state index >= 15 is 0 Å². The van der Waals surface area contributed by atoms with E-state index < -0.39 is 23.7 Å². The summed E-state index contributed by atoms with van der Waals surface area (Å²) in [6, 6.07) is -0.699. The van der Waals surface area contributed by atoms with Gasteiger partial charge in [0.25, 0.3) is 0 Å². The topological polar surface area (TPSA) is 55.8 Å². The fraction of sp³-hybridized carbons (Fsp3) is 0.857. The quantitative estimate of drug-likeness (QED) is 0.558. The number of halogens is 1. The van der Waals surface area contributed by atoms with Gasteiger partial charge in [0.05, 0.1) is 6.10 Å². The summed E-state index contributed by atoms with van der Waals surface area (Å²) in [6.07, 6.45) is -0.172. The summed E-state index contributed by atoms with van der Waals surface area (Å²) in [6.45, 7) is 10.9. The van der Waals surface area contributed by atoms with E-state index in [2.05, 4.69) is 0 Å². The maximum absolute atomic E-state index is 12.1. The summed E-state index contributed by atoms with van der Waals surface area (Å²) in [5.74, 6) is -0.0361. The minimum Gasteiger partial charge on any atom is -0.461 e. The molecule has 0 aliphatic carbocycles. The number of carbonyl (C=O) groups is 2. The number of amides is 1. The van der Waals surface area contributed by atoms with E-state index in [1.807, 2.05) is 0 Å². The number of hydrogen-bond acceptors (Lipinski definition) is 4. The van der Waals surface area contributed by atoms with E-state index in [1.165, 1.54) is 4.90 Å². The number of carbonyl (C=O) groups excluding carboxylic acids is 2. The number of ether oxygens (including phenoxy) is 2. The molecule has 0 heterocycles. The van der Waals surface area contributed by atoms with Crippen LogP contribution in [-0.2, 0) is 14.3 Å². The first-order chi connectivity index (χ1) is 9.08. The van der Waals surface area contributed by atoms with Gasteiger partial charge in [-0.25, -0.2) is 9.59 Å². The lowest BCUT2D eigenvalue weighted by Crippen LogP contribution is -2.47. The van der Waals surface area contributed by atoms with Crippen LogP contribution < -0.4 is 0 Å². The van der Waals surface area contributed by atoms with E-state index in [-0.39, 0.29) is 6.10 Å². The Kier molecular flexibility index (Phi) is 7.94. The summed E-state index contributed by atoms with van der Waals surface area (Å²) in [5.41, 5.74) is -0.613. The van der Waals surface area contributed by atoms with Gasteiger partial charge in [-0.2, -0.15) is 0 Å². The highest BCUT2D eigenvalue weighted by atomic mass is 35.5. The number of alkyl halides is 1. The molecule has 118 valence electrons. The van der Waals surface area contributed by atoms with Crippen molar-refractivity contribution in [3.63, 3.8) is 0 Å². The molecule has 0 aromatic carbocycles. The summed E-state index contributed by atoms with van der Waals surface area (Å²) >= 11 is 5.66. The standard InChI is InChI=1S/C14H26ClNO4/c1-10(2)19-12(17)11(3)16(9-7-8-15)13(18)20-14(4,5)6/h10-11H,7-9H2,1-6H3/t11-/m0/s1. The molecule has 0 saturated heterocycles. The molecule has 0 rings (SSSR count). The highest BCUT2D eigenvalue weighted by Gasteiger charge is 2.30. The number of esters is 1. The Morgan fingerprint density at radius 2 is 1.75 bits per heavy atom. The monoisotopic (exact) mass is 307 g/mol. The predicted molar refractivity (Wildman–Crippen MR) is 79.0 cm³/mol. The first-order valence-corrected chi connectivity index (χ1v) is 7.38. The van der Waals surface area contributed by atoms with Crippen molar-refractivity contribution in [2.24, 2.45) is 0 Å². The van der Waals surface area contributed by atoms with Gasteiger partial charge in [-0.3, -0.25) is 4.90 Å². The van der Waals surface area contributed by atoms with Crippen LogP contribution in [0.5, 0.6) is 0 Å². The molecule has 0 radical (unpaired) electrons. The average molecular weight is 308 g/mol. The summed E-state index contributed by atoms with van der Waals surface area (Å²) < 4.78 is 10.4. The minimum absolute atomic E-state index is 0.224. The van der Waals surface area contributed by atoms with Crippen LogP contribution in [0.1, 0.15) is 48.0 Å². The largest absolute Gasteiger partial charge is 0.461 e. The normalized spacial score (nSPS) is 13.0. The van der Waals surface area contributed by atoms with E-state index in [1.54, 1.807) is 41.5 Å². The van der Waals surface area contributed by atoms with Gasteiger partial charge >= 0.3 is 12.1 Å². The summed E-state index contributed by atoms with van der Waals surface area (Å²) in [4.78, 5) is 25.4. The Bertz CT molecular complexity index is 326. The Hall–Kier alpha value is -0.970. The van der Waals surface area contributed by atoms with Crippen LogP contribution in [0, 0.1) is 0 Å². The molecule has 0 unspecified atom stereocenters. The lowest BCUT2D eigenvalue weighted by atomic mass is 10.2. The van der Waals surface area contributed by atoms with E-state index in [0.717, 1.165) is 0 Å². The molecule has 0 spiro atoms. The second kappa shape index (κ2) is 8.35. The summed E-state index contributed by atoms with van der Waals surface area (Å²) in [7, 11) is 0. The van der Waals surface area contributed by atoms with Gasteiger partial charge in [0.2, 0.25) is 0 Å². The van der Waals surface area contributed by atoms with Crippen molar-refractivity contribution in [1.82, 2.24) is 4.90 Å². The number of hydrogen-bond donors (Lipinski definition) is 0. The molecule has 0 aromatic heterocycles. The average Bonchev–Trinajstić information content (AvgIpc) is 2.25.